The van der Waals surface area contributed by atoms with Crippen LogP contribution < -0.4 is 5.14 Å². The summed E-state index contributed by atoms with van der Waals surface area (Å²) in [6.07, 6.45) is 1.77. The van der Waals surface area contributed by atoms with Crippen LogP contribution in [0.3, 0.4) is 0 Å². The second-order valence-electron chi connectivity index (χ2n) is 4.23. The monoisotopic (exact) mass is 241 g/mol. The SMILES string of the molecule is Cc1ccnc(CN2CC(S(N)(=O)=O)C2)c1. The Kier molecular flexibility index (Phi) is 2.96. The number of primary sulfonamides is 1. The van der Waals surface area contributed by atoms with Gasteiger partial charge < -0.3 is 0 Å². The number of hydrogen-bond acceptors (Lipinski definition) is 4. The number of hydrogen-bond donors (Lipinski definition) is 1. The summed E-state index contributed by atoms with van der Waals surface area (Å²) in [6.45, 7) is 3.71. The smallest absolute Gasteiger partial charge is 0.214 e. The van der Waals surface area contributed by atoms with Crippen LogP contribution in [0.4, 0.5) is 0 Å². The molecule has 1 aliphatic heterocycles. The van der Waals surface area contributed by atoms with Crippen molar-refractivity contribution in [3.8, 4) is 0 Å². The molecule has 0 saturated carbocycles. The van der Waals surface area contributed by atoms with Crippen molar-refractivity contribution in [1.82, 2.24) is 9.88 Å². The minimum absolute atomic E-state index is 0.405. The first-order valence-corrected chi connectivity index (χ1v) is 6.71. The molecule has 5 nitrogen and oxygen atoms in total. The lowest BCUT2D eigenvalue weighted by Gasteiger charge is -2.37. The van der Waals surface area contributed by atoms with E-state index in [1.54, 1.807) is 6.20 Å². The summed E-state index contributed by atoms with van der Waals surface area (Å²) in [7, 11) is -3.36. The molecule has 2 heterocycles. The van der Waals surface area contributed by atoms with E-state index < -0.39 is 15.3 Å². The van der Waals surface area contributed by atoms with Crippen LogP contribution in [0.1, 0.15) is 11.3 Å². The van der Waals surface area contributed by atoms with Crippen LogP contribution in [0.25, 0.3) is 0 Å². The van der Waals surface area contributed by atoms with Crippen molar-refractivity contribution in [2.75, 3.05) is 13.1 Å². The predicted octanol–water partition coefficient (Wildman–Crippen LogP) is -0.137. The van der Waals surface area contributed by atoms with Crippen LogP contribution in [0.15, 0.2) is 18.3 Å². The lowest BCUT2D eigenvalue weighted by atomic mass is 10.2. The van der Waals surface area contributed by atoms with Gasteiger partial charge in [0.1, 0.15) is 5.25 Å². The first-order valence-electron chi connectivity index (χ1n) is 5.10. The molecule has 1 aromatic rings. The van der Waals surface area contributed by atoms with Gasteiger partial charge >= 0.3 is 0 Å². The van der Waals surface area contributed by atoms with Crippen molar-refractivity contribution in [3.05, 3.63) is 29.6 Å². The molecule has 0 unspecified atom stereocenters. The zero-order valence-corrected chi connectivity index (χ0v) is 9.94. The molecular formula is C10H15N3O2S. The number of nitrogens with zero attached hydrogens (tertiary/aromatic N) is 2. The Morgan fingerprint density at radius 1 is 1.56 bits per heavy atom. The van der Waals surface area contributed by atoms with E-state index in [0.717, 1.165) is 11.3 Å². The summed E-state index contributed by atoms with van der Waals surface area (Å²) in [5.41, 5.74) is 2.13. The first kappa shape index (κ1) is 11.5. The minimum Gasteiger partial charge on any atom is -0.295 e. The molecular weight excluding hydrogens is 226 g/mol. The second kappa shape index (κ2) is 4.12. The van der Waals surface area contributed by atoms with E-state index in [0.29, 0.717) is 19.6 Å². The molecule has 88 valence electrons. The molecule has 6 heteroatoms. The first-order chi connectivity index (χ1) is 7.45. The largest absolute Gasteiger partial charge is 0.295 e. The Balaban J connectivity index is 1.91. The van der Waals surface area contributed by atoms with Crippen LogP contribution in [-0.2, 0) is 16.6 Å². The van der Waals surface area contributed by atoms with E-state index in [1.807, 2.05) is 24.0 Å². The van der Waals surface area contributed by atoms with Crippen molar-refractivity contribution in [2.45, 2.75) is 18.7 Å². The van der Waals surface area contributed by atoms with Crippen LogP contribution in [0.5, 0.6) is 0 Å². The fraction of sp³-hybridized carbons (Fsp3) is 0.500. The Bertz CT molecular complexity index is 481. The molecule has 0 spiro atoms. The van der Waals surface area contributed by atoms with E-state index in [2.05, 4.69) is 4.98 Å². The van der Waals surface area contributed by atoms with E-state index in [4.69, 9.17) is 5.14 Å². The third-order valence-electron chi connectivity index (χ3n) is 2.75. The standard InChI is InChI=1S/C10H15N3O2S/c1-8-2-3-12-9(4-8)5-13-6-10(7-13)16(11,14)15/h2-4,10H,5-7H2,1H3,(H2,11,14,15). The van der Waals surface area contributed by atoms with Crippen LogP contribution >= 0.6 is 0 Å². The van der Waals surface area contributed by atoms with Gasteiger partial charge in [0.05, 0.1) is 5.69 Å². The topological polar surface area (TPSA) is 76.3 Å². The van der Waals surface area contributed by atoms with Gasteiger partial charge in [-0.25, -0.2) is 13.6 Å². The Hall–Kier alpha value is -0.980. The van der Waals surface area contributed by atoms with Gasteiger partial charge in [-0.05, 0) is 24.6 Å². The second-order valence-corrected chi connectivity index (χ2v) is 6.07. The van der Waals surface area contributed by atoms with Crippen LogP contribution in [0, 0.1) is 6.92 Å². The number of rotatable bonds is 3. The lowest BCUT2D eigenvalue weighted by Crippen LogP contribution is -2.55. The van der Waals surface area contributed by atoms with Gasteiger partial charge in [0.2, 0.25) is 10.0 Å². The molecule has 1 aliphatic rings. The highest BCUT2D eigenvalue weighted by Gasteiger charge is 2.34. The summed E-state index contributed by atoms with van der Waals surface area (Å²) < 4.78 is 22.0. The zero-order chi connectivity index (χ0) is 11.8. The summed E-state index contributed by atoms with van der Waals surface area (Å²) in [4.78, 5) is 6.25. The van der Waals surface area contributed by atoms with Crippen LogP contribution in [0.2, 0.25) is 0 Å². The molecule has 0 radical (unpaired) electrons. The summed E-state index contributed by atoms with van der Waals surface area (Å²) in [5, 5.41) is 4.65. The van der Waals surface area contributed by atoms with Gasteiger partial charge in [-0.3, -0.25) is 9.88 Å². The molecule has 1 aromatic heterocycles. The van der Waals surface area contributed by atoms with Crippen molar-refractivity contribution in [3.63, 3.8) is 0 Å². The molecule has 0 atom stereocenters. The quantitative estimate of drug-likeness (QED) is 0.799. The summed E-state index contributed by atoms with van der Waals surface area (Å²) in [5.74, 6) is 0. The molecule has 0 amide bonds. The van der Waals surface area contributed by atoms with E-state index in [9.17, 15) is 8.42 Å². The number of nitrogens with two attached hydrogens (primary N) is 1. The van der Waals surface area contributed by atoms with Crippen molar-refractivity contribution in [1.29, 1.82) is 0 Å². The van der Waals surface area contributed by atoms with Crippen LogP contribution in [-0.4, -0.2) is 36.6 Å². The third kappa shape index (κ3) is 2.58. The minimum atomic E-state index is -3.36. The summed E-state index contributed by atoms with van der Waals surface area (Å²) in [6, 6.07) is 3.94. The van der Waals surface area contributed by atoms with E-state index >= 15 is 0 Å². The summed E-state index contributed by atoms with van der Waals surface area (Å²) >= 11 is 0. The number of likely N-dealkylation sites (tertiary alicyclic amines) is 1. The highest BCUT2D eigenvalue weighted by Crippen LogP contribution is 2.16. The fourth-order valence-electron chi connectivity index (χ4n) is 1.77. The number of aromatic nitrogens is 1. The van der Waals surface area contributed by atoms with E-state index in [-0.39, 0.29) is 0 Å². The average molecular weight is 241 g/mol. The Labute approximate surface area is 95.3 Å². The number of sulfonamides is 1. The maximum absolute atomic E-state index is 11.0. The Morgan fingerprint density at radius 3 is 2.81 bits per heavy atom. The van der Waals surface area contributed by atoms with Gasteiger partial charge in [-0.1, -0.05) is 0 Å². The fourth-order valence-corrected chi connectivity index (χ4v) is 2.61. The molecule has 16 heavy (non-hydrogen) atoms. The van der Waals surface area contributed by atoms with Crippen molar-refractivity contribution < 1.29 is 8.42 Å². The molecule has 2 N–H and O–H groups in total. The maximum Gasteiger partial charge on any atom is 0.214 e. The molecule has 1 fully saturated rings. The lowest BCUT2D eigenvalue weighted by molar-refractivity contribution is 0.174. The third-order valence-corrected chi connectivity index (χ3v) is 3.97. The Morgan fingerprint density at radius 2 is 2.25 bits per heavy atom. The van der Waals surface area contributed by atoms with Crippen molar-refractivity contribution >= 4 is 10.0 Å². The average Bonchev–Trinajstić information content (AvgIpc) is 2.08. The number of pyridine rings is 1. The van der Waals surface area contributed by atoms with Crippen molar-refractivity contribution in [2.24, 2.45) is 5.14 Å². The normalized spacial score (nSPS) is 18.4. The van der Waals surface area contributed by atoms with E-state index in [1.165, 1.54) is 0 Å². The van der Waals surface area contributed by atoms with Gasteiger partial charge in [0.15, 0.2) is 0 Å². The molecule has 0 bridgehead atoms. The molecule has 2 rings (SSSR count). The van der Waals surface area contributed by atoms with Gasteiger partial charge in [0, 0.05) is 25.8 Å². The van der Waals surface area contributed by atoms with Gasteiger partial charge in [0.25, 0.3) is 0 Å². The van der Waals surface area contributed by atoms with Gasteiger partial charge in [-0.15, -0.1) is 0 Å². The highest BCUT2D eigenvalue weighted by atomic mass is 32.2. The zero-order valence-electron chi connectivity index (χ0n) is 9.13. The number of aryl methyl sites for hydroxylation is 1. The molecule has 0 aromatic carbocycles. The maximum atomic E-state index is 11.0. The predicted molar refractivity (Wildman–Crippen MR) is 61.1 cm³/mol. The highest BCUT2D eigenvalue weighted by molar-refractivity contribution is 7.89. The van der Waals surface area contributed by atoms with Gasteiger partial charge in [-0.2, -0.15) is 0 Å². The molecule has 0 aliphatic carbocycles. The molecule has 1 saturated heterocycles.